The maximum Gasteiger partial charge on any atom is 0.418 e. The molecule has 36 heavy (non-hydrogen) atoms. The fourth-order valence-electron chi connectivity index (χ4n) is 4.17. The van der Waals surface area contributed by atoms with Crippen LogP contribution >= 0.6 is 7.44 Å². The number of aliphatic imine (C=N–C) groups is 1. The van der Waals surface area contributed by atoms with Gasteiger partial charge in [0.15, 0.2) is 5.82 Å². The Morgan fingerprint density at radius 1 is 0.917 bits per heavy atom. The van der Waals surface area contributed by atoms with Gasteiger partial charge in [0.05, 0.1) is 28.2 Å². The minimum absolute atomic E-state index is 0.00185. The van der Waals surface area contributed by atoms with Gasteiger partial charge in [-0.2, -0.15) is 18.3 Å². The summed E-state index contributed by atoms with van der Waals surface area (Å²) in [5.41, 5.74) is -0.371. The first-order valence-corrected chi connectivity index (χ1v) is 12.5. The van der Waals surface area contributed by atoms with E-state index in [2.05, 4.69) is 15.2 Å². The van der Waals surface area contributed by atoms with Gasteiger partial charge in [-0.15, -0.1) is 0 Å². The number of halogens is 4. The number of nitrogens with zero attached hydrogens (tertiary/aromatic N) is 4. The van der Waals surface area contributed by atoms with E-state index in [0.717, 1.165) is 6.07 Å². The summed E-state index contributed by atoms with van der Waals surface area (Å²) >= 11 is 0. The van der Waals surface area contributed by atoms with Crippen LogP contribution in [0.15, 0.2) is 83.9 Å². The van der Waals surface area contributed by atoms with Crippen LogP contribution in [0.1, 0.15) is 16.8 Å². The average molecular weight is 513 g/mol. The molecule has 6 nitrogen and oxygen atoms in total. The molecule has 5 rings (SSSR count). The van der Waals surface area contributed by atoms with E-state index >= 15 is 0 Å². The molecule has 3 aromatic carbocycles. The monoisotopic (exact) mass is 513 g/mol. The Morgan fingerprint density at radius 2 is 1.56 bits per heavy atom. The highest BCUT2D eigenvalue weighted by atomic mass is 31.2. The lowest BCUT2D eigenvalue weighted by atomic mass is 10.2. The third kappa shape index (κ3) is 3.87. The van der Waals surface area contributed by atoms with Crippen LogP contribution in [0.4, 0.5) is 29.1 Å². The molecule has 184 valence electrons. The molecule has 0 fully saturated rings. The third-order valence-corrected chi connectivity index (χ3v) is 8.58. The number of alkyl halides is 3. The summed E-state index contributed by atoms with van der Waals surface area (Å²) in [6, 6.07) is 19.5. The van der Waals surface area contributed by atoms with Crippen molar-refractivity contribution in [1.29, 1.82) is 0 Å². The highest BCUT2D eigenvalue weighted by Gasteiger charge is 2.45. The first-order chi connectivity index (χ1) is 17.1. The molecule has 0 saturated carbocycles. The molecule has 0 aliphatic carbocycles. The Bertz CT molecular complexity index is 1530. The number of aryl methyl sites for hydroxylation is 1. The van der Waals surface area contributed by atoms with Crippen LogP contribution < -0.4 is 10.4 Å². The summed E-state index contributed by atoms with van der Waals surface area (Å²) in [6.45, 7) is 1.61. The SMILES string of the molecule is Cc1nn(-c2ccccc2)c2c1P(=O)(Nc1ccccc1C(F)(F)F)N(C)C(c1ccccc1F)=N2. The fraction of sp³-hybridized carbons (Fsp3) is 0.120. The summed E-state index contributed by atoms with van der Waals surface area (Å²) in [7, 11) is -2.67. The van der Waals surface area contributed by atoms with Crippen molar-refractivity contribution in [2.45, 2.75) is 13.1 Å². The lowest BCUT2D eigenvalue weighted by molar-refractivity contribution is -0.136. The van der Waals surface area contributed by atoms with E-state index in [9.17, 15) is 22.1 Å². The van der Waals surface area contributed by atoms with E-state index in [-0.39, 0.29) is 28.2 Å². The second-order valence-electron chi connectivity index (χ2n) is 8.18. The normalized spacial score (nSPS) is 17.5. The van der Waals surface area contributed by atoms with Crippen LogP contribution in [0.5, 0.6) is 0 Å². The van der Waals surface area contributed by atoms with Crippen LogP contribution in [0.3, 0.4) is 0 Å². The van der Waals surface area contributed by atoms with Crippen LogP contribution in [-0.2, 0) is 10.7 Å². The van der Waals surface area contributed by atoms with Crippen LogP contribution in [0, 0.1) is 12.7 Å². The highest BCUT2D eigenvalue weighted by Crippen LogP contribution is 2.55. The lowest BCUT2D eigenvalue weighted by Gasteiger charge is -2.35. The van der Waals surface area contributed by atoms with E-state index in [0.29, 0.717) is 11.4 Å². The molecule has 0 spiro atoms. The largest absolute Gasteiger partial charge is 0.418 e. The second-order valence-corrected chi connectivity index (χ2v) is 10.6. The van der Waals surface area contributed by atoms with Gasteiger partial charge in [0.25, 0.3) is 7.44 Å². The molecule has 0 radical (unpaired) electrons. The average Bonchev–Trinajstić information content (AvgIpc) is 3.19. The van der Waals surface area contributed by atoms with Gasteiger partial charge in [-0.25, -0.2) is 14.1 Å². The molecule has 1 unspecified atom stereocenters. The molecule has 1 aliphatic heterocycles. The minimum Gasteiger partial charge on any atom is -0.316 e. The smallest absolute Gasteiger partial charge is 0.316 e. The van der Waals surface area contributed by atoms with Crippen LogP contribution in [0.2, 0.25) is 0 Å². The number of nitrogens with one attached hydrogen (secondary N) is 1. The highest BCUT2D eigenvalue weighted by molar-refractivity contribution is 7.72. The predicted octanol–water partition coefficient (Wildman–Crippen LogP) is 6.29. The van der Waals surface area contributed by atoms with Crippen molar-refractivity contribution < 1.29 is 22.1 Å². The summed E-state index contributed by atoms with van der Waals surface area (Å²) in [5, 5.41) is 7.32. The van der Waals surface area contributed by atoms with Crippen molar-refractivity contribution in [3.63, 3.8) is 0 Å². The summed E-state index contributed by atoms with van der Waals surface area (Å²) in [6.07, 6.45) is -4.69. The quantitative estimate of drug-likeness (QED) is 0.257. The second kappa shape index (κ2) is 8.64. The molecule has 1 aromatic heterocycles. The maximum atomic E-state index is 14.9. The summed E-state index contributed by atoms with van der Waals surface area (Å²) in [5.74, 6) is -0.468. The topological polar surface area (TPSA) is 62.5 Å². The van der Waals surface area contributed by atoms with Crippen molar-refractivity contribution in [2.24, 2.45) is 4.99 Å². The van der Waals surface area contributed by atoms with E-state index in [1.54, 1.807) is 37.3 Å². The van der Waals surface area contributed by atoms with Gasteiger partial charge in [-0.3, -0.25) is 9.24 Å². The number of anilines is 1. The number of hydrogen-bond acceptors (Lipinski definition) is 3. The molecule has 4 aromatic rings. The number of fused-ring (bicyclic) bond motifs is 1. The molecule has 0 amide bonds. The molecular weight excluding hydrogens is 493 g/mol. The van der Waals surface area contributed by atoms with Gasteiger partial charge < -0.3 is 5.09 Å². The Morgan fingerprint density at radius 3 is 2.25 bits per heavy atom. The predicted molar refractivity (Wildman–Crippen MR) is 131 cm³/mol. The van der Waals surface area contributed by atoms with Crippen LogP contribution in [-0.4, -0.2) is 27.3 Å². The molecular formula is C25H20F4N5OP. The van der Waals surface area contributed by atoms with Gasteiger partial charge in [0, 0.05) is 7.05 Å². The van der Waals surface area contributed by atoms with Gasteiger partial charge in [0.2, 0.25) is 0 Å². The number of amidine groups is 1. The third-order valence-electron chi connectivity index (χ3n) is 5.87. The van der Waals surface area contributed by atoms with E-state index in [1.165, 1.54) is 52.8 Å². The molecule has 1 aliphatic rings. The Labute approximate surface area is 204 Å². The number of rotatable bonds is 4. The number of para-hydroxylation sites is 2. The number of hydrogen-bond donors (Lipinski definition) is 1. The molecule has 1 atom stereocenters. The molecule has 0 saturated heterocycles. The zero-order valence-corrected chi connectivity index (χ0v) is 20.1. The Balaban J connectivity index is 1.78. The first-order valence-electron chi connectivity index (χ1n) is 10.9. The van der Waals surface area contributed by atoms with Crippen molar-refractivity contribution in [1.82, 2.24) is 14.5 Å². The zero-order chi connectivity index (χ0) is 25.7. The zero-order valence-electron chi connectivity index (χ0n) is 19.2. The molecule has 2 heterocycles. The van der Waals surface area contributed by atoms with Gasteiger partial charge in [-0.05, 0) is 43.3 Å². The van der Waals surface area contributed by atoms with Gasteiger partial charge in [0.1, 0.15) is 17.0 Å². The maximum absolute atomic E-state index is 14.9. The van der Waals surface area contributed by atoms with Crippen molar-refractivity contribution in [3.8, 4) is 5.69 Å². The minimum atomic E-state index is -4.69. The van der Waals surface area contributed by atoms with E-state index in [4.69, 9.17) is 0 Å². The Hall–Kier alpha value is -3.91. The molecule has 0 bridgehead atoms. The Kier molecular flexibility index (Phi) is 5.71. The van der Waals surface area contributed by atoms with E-state index in [1.807, 2.05) is 6.07 Å². The van der Waals surface area contributed by atoms with Crippen LogP contribution in [0.25, 0.3) is 5.69 Å². The molecule has 11 heteroatoms. The standard InChI is InChI=1S/C25H20F4N5OP/c1-16-22-24(34(31-16)17-10-4-3-5-11-17)30-23(18-12-6-8-14-20(18)26)33(2)36(22,35)32-21-15-9-7-13-19(21)25(27,28)29/h3-15H,1-2H3,(H,32,35). The summed E-state index contributed by atoms with van der Waals surface area (Å²) in [4.78, 5) is 4.63. The molecule has 1 N–H and O–H groups in total. The van der Waals surface area contributed by atoms with Gasteiger partial charge in [-0.1, -0.05) is 42.5 Å². The number of aromatic nitrogens is 2. The fourth-order valence-corrected chi connectivity index (χ4v) is 6.57. The van der Waals surface area contributed by atoms with Crippen molar-refractivity contribution >= 4 is 30.1 Å². The van der Waals surface area contributed by atoms with Crippen molar-refractivity contribution in [3.05, 3.63) is 102 Å². The summed E-state index contributed by atoms with van der Waals surface area (Å²) < 4.78 is 73.7. The van der Waals surface area contributed by atoms with Crippen molar-refractivity contribution in [2.75, 3.05) is 12.1 Å². The number of benzene rings is 3. The van der Waals surface area contributed by atoms with Gasteiger partial charge >= 0.3 is 6.18 Å². The lowest BCUT2D eigenvalue weighted by Crippen LogP contribution is -2.37. The van der Waals surface area contributed by atoms with E-state index < -0.39 is 25.0 Å². The first kappa shape index (κ1) is 23.8.